The van der Waals surface area contributed by atoms with Crippen molar-refractivity contribution < 1.29 is 14.4 Å². The lowest BCUT2D eigenvalue weighted by molar-refractivity contribution is -0.907. The van der Waals surface area contributed by atoms with Gasteiger partial charge in [-0.25, -0.2) is 0 Å². The second-order valence-corrected chi connectivity index (χ2v) is 7.94. The molecule has 0 spiro atoms. The minimum absolute atomic E-state index is 0.0170. The molecule has 2 atom stereocenters. The van der Waals surface area contributed by atoms with Gasteiger partial charge in [0.1, 0.15) is 6.54 Å². The monoisotopic (exact) mass is 422 g/mol. The Morgan fingerprint density at radius 3 is 2.46 bits per heavy atom. The highest BCUT2D eigenvalue weighted by atomic mass is 35.5. The maximum Gasteiger partial charge on any atom is 0.282 e. The van der Waals surface area contributed by atoms with Crippen molar-refractivity contribution in [2.75, 3.05) is 43.6 Å². The molecule has 3 rings (SSSR count). The molecule has 1 heterocycles. The number of nitrogens with one attached hydrogen (secondary N) is 2. The van der Waals surface area contributed by atoms with Crippen molar-refractivity contribution in [3.05, 3.63) is 58.1 Å². The van der Waals surface area contributed by atoms with Crippen LogP contribution >= 0.6 is 23.2 Å². The Bertz CT molecular complexity index is 808. The molecule has 2 aromatic rings. The topological polar surface area (TPSA) is 46.0 Å². The third-order valence-electron chi connectivity index (χ3n) is 5.11. The molecule has 7 heteroatoms. The third-order valence-corrected chi connectivity index (χ3v) is 5.85. The van der Waals surface area contributed by atoms with E-state index in [4.69, 9.17) is 27.9 Å². The molecule has 5 nitrogen and oxygen atoms in total. The molecule has 0 bridgehead atoms. The van der Waals surface area contributed by atoms with Crippen molar-refractivity contribution in [2.24, 2.45) is 0 Å². The summed E-state index contributed by atoms with van der Waals surface area (Å²) in [7, 11) is 1.99. The molecule has 2 aromatic carbocycles. The number of hydrogen-bond donors (Lipinski definition) is 2. The predicted octanol–water partition coefficient (Wildman–Crippen LogP) is 2.87. The van der Waals surface area contributed by atoms with Gasteiger partial charge in [-0.3, -0.25) is 4.79 Å². The lowest BCUT2D eigenvalue weighted by Gasteiger charge is -2.29. The summed E-state index contributed by atoms with van der Waals surface area (Å²) in [6.07, 6.45) is 0. The molecule has 28 heavy (non-hydrogen) atoms. The summed E-state index contributed by atoms with van der Waals surface area (Å²) in [6.45, 7) is 5.90. The van der Waals surface area contributed by atoms with E-state index in [0.29, 0.717) is 16.6 Å². The van der Waals surface area contributed by atoms with Crippen LogP contribution in [-0.2, 0) is 16.1 Å². The molecule has 2 N–H and O–H groups in total. The van der Waals surface area contributed by atoms with E-state index < -0.39 is 0 Å². The van der Waals surface area contributed by atoms with Crippen molar-refractivity contribution in [1.82, 2.24) is 0 Å². The highest BCUT2D eigenvalue weighted by Crippen LogP contribution is 2.22. The number of amides is 1. The Morgan fingerprint density at radius 2 is 1.82 bits per heavy atom. The number of hydrogen-bond acceptors (Lipinski definition) is 3. The molecule has 0 saturated carbocycles. The summed E-state index contributed by atoms with van der Waals surface area (Å²) in [5, 5.41) is 4.08. The van der Waals surface area contributed by atoms with Crippen LogP contribution < -0.4 is 15.1 Å². The van der Waals surface area contributed by atoms with Crippen molar-refractivity contribution in [3.8, 4) is 0 Å². The van der Waals surface area contributed by atoms with Crippen molar-refractivity contribution >= 4 is 40.5 Å². The Balaban J connectivity index is 1.56. The number of carbonyl (C=O) groups excluding carboxylic acids is 1. The molecule has 1 aliphatic heterocycles. The van der Waals surface area contributed by atoms with E-state index in [-0.39, 0.29) is 11.9 Å². The minimum atomic E-state index is -0.214. The van der Waals surface area contributed by atoms with Crippen LogP contribution in [0.1, 0.15) is 12.5 Å². The zero-order valence-corrected chi connectivity index (χ0v) is 17.7. The highest BCUT2D eigenvalue weighted by Gasteiger charge is 2.22. The number of ether oxygens (including phenoxy) is 1. The summed E-state index contributed by atoms with van der Waals surface area (Å²) >= 11 is 12.1. The maximum atomic E-state index is 12.6. The van der Waals surface area contributed by atoms with E-state index in [2.05, 4.69) is 10.2 Å². The Labute approximate surface area is 176 Å². The average molecular weight is 423 g/mol. The van der Waals surface area contributed by atoms with Crippen LogP contribution in [-0.4, -0.2) is 45.3 Å². The van der Waals surface area contributed by atoms with Crippen LogP contribution in [0.3, 0.4) is 0 Å². The van der Waals surface area contributed by atoms with E-state index in [1.807, 2.05) is 50.4 Å². The van der Waals surface area contributed by atoms with Gasteiger partial charge in [-0.05, 0) is 43.3 Å². The van der Waals surface area contributed by atoms with Gasteiger partial charge in [-0.15, -0.1) is 0 Å². The molecule has 150 valence electrons. The first-order valence-corrected chi connectivity index (χ1v) is 10.2. The molecular formula is C21H26Cl2N3O2+. The number of quaternary nitrogens is 1. The zero-order chi connectivity index (χ0) is 20.1. The third kappa shape index (κ3) is 5.39. The van der Waals surface area contributed by atoms with Gasteiger partial charge >= 0.3 is 0 Å². The molecule has 1 unspecified atom stereocenters. The van der Waals surface area contributed by atoms with Gasteiger partial charge < -0.3 is 19.9 Å². The van der Waals surface area contributed by atoms with Gasteiger partial charge in [-0.1, -0.05) is 29.3 Å². The first kappa shape index (κ1) is 20.9. The number of halogens is 2. The number of benzene rings is 2. The summed E-state index contributed by atoms with van der Waals surface area (Å²) < 4.78 is 5.39. The fraction of sp³-hybridized carbons (Fsp3) is 0.381. The normalized spacial score (nSPS) is 16.5. The summed E-state index contributed by atoms with van der Waals surface area (Å²) in [5.41, 5.74) is 2.99. The van der Waals surface area contributed by atoms with Crippen LogP contribution in [0.15, 0.2) is 42.5 Å². The maximum absolute atomic E-state index is 12.6. The largest absolute Gasteiger partial charge is 0.378 e. The minimum Gasteiger partial charge on any atom is -0.378 e. The Morgan fingerprint density at radius 1 is 1.14 bits per heavy atom. The van der Waals surface area contributed by atoms with Crippen molar-refractivity contribution in [2.45, 2.75) is 19.5 Å². The molecule has 0 aliphatic carbocycles. The fourth-order valence-electron chi connectivity index (χ4n) is 3.18. The van der Waals surface area contributed by atoms with E-state index in [1.165, 1.54) is 0 Å². The van der Waals surface area contributed by atoms with Gasteiger partial charge in [0.2, 0.25) is 0 Å². The number of morpholine rings is 1. The molecule has 1 aliphatic rings. The first-order valence-electron chi connectivity index (χ1n) is 9.44. The van der Waals surface area contributed by atoms with Crippen LogP contribution in [0.4, 0.5) is 11.4 Å². The van der Waals surface area contributed by atoms with E-state index in [1.54, 1.807) is 6.07 Å². The molecule has 1 fully saturated rings. The molecule has 1 amide bonds. The molecule has 0 aromatic heterocycles. The lowest BCUT2D eigenvalue weighted by Crippen LogP contribution is -3.12. The summed E-state index contributed by atoms with van der Waals surface area (Å²) in [4.78, 5) is 16.0. The van der Waals surface area contributed by atoms with Gasteiger partial charge in [0, 0.05) is 30.0 Å². The predicted molar refractivity (Wildman–Crippen MR) is 115 cm³/mol. The number of nitrogens with zero attached hydrogens (tertiary/aromatic N) is 1. The number of rotatable bonds is 6. The van der Waals surface area contributed by atoms with Crippen LogP contribution in [0.2, 0.25) is 10.0 Å². The Hall–Kier alpha value is -1.79. The first-order chi connectivity index (χ1) is 13.4. The van der Waals surface area contributed by atoms with E-state index in [9.17, 15) is 4.79 Å². The second kappa shape index (κ2) is 9.61. The van der Waals surface area contributed by atoms with Crippen molar-refractivity contribution in [3.63, 3.8) is 0 Å². The number of anilines is 2. The summed E-state index contributed by atoms with van der Waals surface area (Å²) in [6, 6.07) is 13.3. The van der Waals surface area contributed by atoms with Gasteiger partial charge in [0.05, 0.1) is 30.3 Å². The molecule has 1 saturated heterocycles. The molecular weight excluding hydrogens is 397 g/mol. The van der Waals surface area contributed by atoms with Crippen molar-refractivity contribution in [1.29, 1.82) is 0 Å². The van der Waals surface area contributed by atoms with E-state index >= 15 is 0 Å². The van der Waals surface area contributed by atoms with Gasteiger partial charge in [0.15, 0.2) is 6.04 Å². The van der Waals surface area contributed by atoms with Gasteiger partial charge in [-0.2, -0.15) is 0 Å². The van der Waals surface area contributed by atoms with Crippen LogP contribution in [0, 0.1) is 0 Å². The standard InChI is InChI=1S/C21H25Cl2N3O2/c1-15(25(2)14-16-3-8-19(22)20(23)13-16)21(27)24-17-4-6-18(7-5-17)26-9-11-28-12-10-26/h3-8,13,15H,9-12,14H2,1-2H3,(H,24,27)/p+1/t15-/m1/s1. The number of likely N-dealkylation sites (N-methyl/N-ethyl adjacent to an activating group) is 1. The van der Waals surface area contributed by atoms with Gasteiger partial charge in [0.25, 0.3) is 5.91 Å². The highest BCUT2D eigenvalue weighted by molar-refractivity contribution is 6.42. The summed E-state index contributed by atoms with van der Waals surface area (Å²) in [5.74, 6) is -0.0170. The van der Waals surface area contributed by atoms with Crippen LogP contribution in [0.5, 0.6) is 0 Å². The number of carbonyl (C=O) groups is 1. The molecule has 0 radical (unpaired) electrons. The van der Waals surface area contributed by atoms with Crippen LogP contribution in [0.25, 0.3) is 0 Å². The average Bonchev–Trinajstić information content (AvgIpc) is 2.71. The zero-order valence-electron chi connectivity index (χ0n) is 16.2. The Kier molecular flexibility index (Phi) is 7.18. The van der Waals surface area contributed by atoms with E-state index in [0.717, 1.165) is 48.1 Å². The smallest absolute Gasteiger partial charge is 0.282 e. The fourth-order valence-corrected chi connectivity index (χ4v) is 3.50. The quantitative estimate of drug-likeness (QED) is 0.751. The second-order valence-electron chi connectivity index (χ2n) is 7.13. The SMILES string of the molecule is C[C@H](C(=O)Nc1ccc(N2CCOCC2)cc1)[NH+](C)Cc1ccc(Cl)c(Cl)c1. The lowest BCUT2D eigenvalue weighted by atomic mass is 10.2.